The van der Waals surface area contributed by atoms with E-state index in [1.165, 1.54) is 0 Å². The summed E-state index contributed by atoms with van der Waals surface area (Å²) in [5, 5.41) is 0. The lowest BCUT2D eigenvalue weighted by Gasteiger charge is -2.38. The van der Waals surface area contributed by atoms with Crippen molar-refractivity contribution in [1.82, 2.24) is 4.90 Å². The van der Waals surface area contributed by atoms with Crippen LogP contribution in [0.15, 0.2) is 47.5 Å². The lowest BCUT2D eigenvalue weighted by molar-refractivity contribution is 0.0648. The van der Waals surface area contributed by atoms with Crippen LogP contribution in [0.1, 0.15) is 53.6 Å². The van der Waals surface area contributed by atoms with E-state index in [4.69, 9.17) is 26.7 Å². The fraction of sp³-hybridized carbons (Fsp3) is 0.375. The smallest absolute Gasteiger partial charge is 0.260 e. The summed E-state index contributed by atoms with van der Waals surface area (Å²) in [7, 11) is 3.23. The van der Waals surface area contributed by atoms with Crippen molar-refractivity contribution < 1.29 is 14.3 Å². The van der Waals surface area contributed by atoms with Crippen LogP contribution in [0.4, 0.5) is 0 Å². The standard InChI is InChI=1S/C24H26N2O3S/c1-16-7-9-17(10-8-16)22(27)26-23(30)21(25-24(26)11-5-4-6-12-24)18-13-19(28-2)15-20(14-18)29-3/h7-10,13-15H,4-6,11-12H2,1-3H3. The van der Waals surface area contributed by atoms with Gasteiger partial charge in [0.2, 0.25) is 0 Å². The number of hydrogen-bond acceptors (Lipinski definition) is 5. The van der Waals surface area contributed by atoms with Crippen molar-refractivity contribution in [2.45, 2.75) is 44.7 Å². The second kappa shape index (κ2) is 8.19. The molecule has 4 rings (SSSR count). The summed E-state index contributed by atoms with van der Waals surface area (Å²) < 4.78 is 10.9. The largest absolute Gasteiger partial charge is 0.497 e. The molecule has 2 aliphatic rings. The molecule has 0 atom stereocenters. The third kappa shape index (κ3) is 3.60. The number of nitrogens with zero attached hydrogens (tertiary/aromatic N) is 2. The molecular formula is C24H26N2O3S. The van der Waals surface area contributed by atoms with Crippen LogP contribution in [-0.4, -0.2) is 41.4 Å². The summed E-state index contributed by atoms with van der Waals surface area (Å²) in [6.45, 7) is 2.01. The molecule has 1 amide bonds. The number of hydrogen-bond donors (Lipinski definition) is 0. The molecule has 0 aromatic heterocycles. The van der Waals surface area contributed by atoms with Crippen molar-refractivity contribution in [2.24, 2.45) is 4.99 Å². The number of thiocarbonyl (C=S) groups is 1. The van der Waals surface area contributed by atoms with Gasteiger partial charge >= 0.3 is 0 Å². The summed E-state index contributed by atoms with van der Waals surface area (Å²) in [6.07, 6.45) is 4.83. The SMILES string of the molecule is COc1cc(OC)cc(C2=NC3(CCCCC3)N(C(=O)c3ccc(C)cc3)C2=S)c1. The molecule has 0 bridgehead atoms. The van der Waals surface area contributed by atoms with E-state index in [1.807, 2.05) is 49.4 Å². The van der Waals surface area contributed by atoms with E-state index in [2.05, 4.69) is 0 Å². The lowest BCUT2D eigenvalue weighted by atomic mass is 9.88. The van der Waals surface area contributed by atoms with Crippen LogP contribution in [0, 0.1) is 6.92 Å². The van der Waals surface area contributed by atoms with Gasteiger partial charge < -0.3 is 9.47 Å². The molecule has 1 heterocycles. The van der Waals surface area contributed by atoms with Crippen molar-refractivity contribution in [3.8, 4) is 11.5 Å². The minimum absolute atomic E-state index is 0.0875. The molecule has 1 fully saturated rings. The Morgan fingerprint density at radius 2 is 1.60 bits per heavy atom. The fourth-order valence-electron chi connectivity index (χ4n) is 4.29. The third-order valence-electron chi connectivity index (χ3n) is 5.92. The normalized spacial score (nSPS) is 17.8. The second-order valence-electron chi connectivity index (χ2n) is 7.92. The molecule has 0 unspecified atom stereocenters. The number of amides is 1. The highest BCUT2D eigenvalue weighted by Crippen LogP contribution is 2.41. The van der Waals surface area contributed by atoms with Crippen LogP contribution >= 0.6 is 12.2 Å². The highest BCUT2D eigenvalue weighted by atomic mass is 32.1. The van der Waals surface area contributed by atoms with Gasteiger partial charge in [-0.1, -0.05) is 36.3 Å². The number of carbonyl (C=O) groups is 1. The van der Waals surface area contributed by atoms with Crippen LogP contribution in [0.25, 0.3) is 0 Å². The van der Waals surface area contributed by atoms with Gasteiger partial charge in [-0.3, -0.25) is 14.7 Å². The Morgan fingerprint density at radius 1 is 1.00 bits per heavy atom. The minimum Gasteiger partial charge on any atom is -0.497 e. The maximum absolute atomic E-state index is 13.6. The Kier molecular flexibility index (Phi) is 5.60. The van der Waals surface area contributed by atoms with Gasteiger partial charge in [0.05, 0.1) is 14.2 Å². The van der Waals surface area contributed by atoms with Crippen molar-refractivity contribution in [1.29, 1.82) is 0 Å². The van der Waals surface area contributed by atoms with Gasteiger partial charge in [0, 0.05) is 17.2 Å². The zero-order valence-corrected chi connectivity index (χ0v) is 18.4. The predicted molar refractivity (Wildman–Crippen MR) is 122 cm³/mol. The second-order valence-corrected chi connectivity index (χ2v) is 8.30. The van der Waals surface area contributed by atoms with Gasteiger partial charge in [0.25, 0.3) is 5.91 Å². The molecule has 30 heavy (non-hydrogen) atoms. The lowest BCUT2D eigenvalue weighted by Crippen LogP contribution is -2.50. The van der Waals surface area contributed by atoms with Gasteiger partial charge in [-0.25, -0.2) is 0 Å². The van der Waals surface area contributed by atoms with Crippen molar-refractivity contribution in [2.75, 3.05) is 14.2 Å². The van der Waals surface area contributed by atoms with E-state index in [-0.39, 0.29) is 5.91 Å². The molecule has 0 N–H and O–H groups in total. The first-order chi connectivity index (χ1) is 14.5. The highest BCUT2D eigenvalue weighted by Gasteiger charge is 2.49. The van der Waals surface area contributed by atoms with E-state index in [9.17, 15) is 4.79 Å². The molecule has 1 spiro atoms. The maximum Gasteiger partial charge on any atom is 0.260 e. The minimum atomic E-state index is -0.608. The van der Waals surface area contributed by atoms with Gasteiger partial charge in [0.1, 0.15) is 27.9 Å². The third-order valence-corrected chi connectivity index (χ3v) is 6.30. The average molecular weight is 423 g/mol. The first-order valence-corrected chi connectivity index (χ1v) is 10.7. The van der Waals surface area contributed by atoms with Crippen LogP contribution in [0.2, 0.25) is 0 Å². The van der Waals surface area contributed by atoms with Crippen LogP contribution in [0.3, 0.4) is 0 Å². The van der Waals surface area contributed by atoms with Gasteiger partial charge in [0.15, 0.2) is 0 Å². The molecular weight excluding hydrogens is 396 g/mol. The van der Waals surface area contributed by atoms with E-state index in [1.54, 1.807) is 19.1 Å². The topological polar surface area (TPSA) is 51.1 Å². The Balaban J connectivity index is 1.79. The summed E-state index contributed by atoms with van der Waals surface area (Å²) in [6, 6.07) is 13.2. The number of benzene rings is 2. The monoisotopic (exact) mass is 422 g/mol. The van der Waals surface area contributed by atoms with E-state index in [0.717, 1.165) is 43.2 Å². The Morgan fingerprint density at radius 3 is 2.17 bits per heavy atom. The molecule has 6 heteroatoms. The summed E-state index contributed by atoms with van der Waals surface area (Å²) in [4.78, 5) is 20.9. The maximum atomic E-state index is 13.6. The molecule has 1 aliphatic heterocycles. The first-order valence-electron chi connectivity index (χ1n) is 10.3. The Hall–Kier alpha value is -2.73. The number of aryl methyl sites for hydroxylation is 1. The summed E-state index contributed by atoms with van der Waals surface area (Å²) in [5.41, 5.74) is 2.60. The van der Waals surface area contributed by atoms with Crippen LogP contribution < -0.4 is 9.47 Å². The number of rotatable bonds is 4. The van der Waals surface area contributed by atoms with Crippen molar-refractivity contribution in [3.63, 3.8) is 0 Å². The van der Waals surface area contributed by atoms with Crippen molar-refractivity contribution >= 4 is 28.8 Å². The van der Waals surface area contributed by atoms with E-state index < -0.39 is 5.66 Å². The number of carbonyl (C=O) groups excluding carboxylic acids is 1. The quantitative estimate of drug-likeness (QED) is 0.655. The van der Waals surface area contributed by atoms with Crippen molar-refractivity contribution in [3.05, 3.63) is 59.2 Å². The number of aliphatic imine (C=N–C) groups is 1. The predicted octanol–water partition coefficient (Wildman–Crippen LogP) is 4.95. The zero-order chi connectivity index (χ0) is 21.3. The molecule has 1 saturated carbocycles. The molecule has 2 aromatic carbocycles. The first kappa shape index (κ1) is 20.5. The summed E-state index contributed by atoms with van der Waals surface area (Å²) in [5.74, 6) is 1.24. The molecule has 5 nitrogen and oxygen atoms in total. The van der Waals surface area contributed by atoms with E-state index >= 15 is 0 Å². The fourth-order valence-corrected chi connectivity index (χ4v) is 4.71. The van der Waals surface area contributed by atoms with E-state index in [0.29, 0.717) is 27.8 Å². The van der Waals surface area contributed by atoms with Gasteiger partial charge in [-0.2, -0.15) is 0 Å². The van der Waals surface area contributed by atoms with Gasteiger partial charge in [-0.05, 0) is 56.9 Å². The molecule has 0 saturated heterocycles. The zero-order valence-electron chi connectivity index (χ0n) is 17.6. The molecule has 0 radical (unpaired) electrons. The summed E-state index contributed by atoms with van der Waals surface area (Å²) >= 11 is 5.85. The van der Waals surface area contributed by atoms with Crippen LogP contribution in [-0.2, 0) is 0 Å². The Bertz CT molecular complexity index is 985. The highest BCUT2D eigenvalue weighted by molar-refractivity contribution is 7.82. The number of ether oxygens (including phenoxy) is 2. The Labute approximate surface area is 182 Å². The average Bonchev–Trinajstić information content (AvgIpc) is 3.05. The molecule has 156 valence electrons. The van der Waals surface area contributed by atoms with Crippen LogP contribution in [0.5, 0.6) is 11.5 Å². The van der Waals surface area contributed by atoms with Gasteiger partial charge in [-0.15, -0.1) is 0 Å². The number of methoxy groups -OCH3 is 2. The molecule has 1 aliphatic carbocycles. The molecule has 2 aromatic rings.